The fourth-order valence-electron chi connectivity index (χ4n) is 4.69. The fraction of sp³-hybridized carbons (Fsp3) is 0.286. The number of benzene rings is 2. The van der Waals surface area contributed by atoms with E-state index in [2.05, 4.69) is 25.6 Å². The maximum absolute atomic E-state index is 13.3. The van der Waals surface area contributed by atoms with Crippen molar-refractivity contribution in [3.8, 4) is 22.6 Å². The number of aromatic hydroxyl groups is 2. The number of anilines is 1. The molecule has 4 aromatic rings. The molecule has 4 atom stereocenters. The smallest absolute Gasteiger partial charge is 0.255 e. The van der Waals surface area contributed by atoms with Gasteiger partial charge in [-0.15, -0.1) is 0 Å². The summed E-state index contributed by atoms with van der Waals surface area (Å²) in [5, 5.41) is 47.6. The number of carbonyl (C=O) groups is 1. The third-order valence-electron chi connectivity index (χ3n) is 7.04. The minimum absolute atomic E-state index is 0.00935. The van der Waals surface area contributed by atoms with E-state index in [0.29, 0.717) is 34.2 Å². The molecule has 13 heteroatoms. The Morgan fingerprint density at radius 1 is 1.07 bits per heavy atom. The predicted molar refractivity (Wildman–Crippen MR) is 145 cm³/mol. The summed E-state index contributed by atoms with van der Waals surface area (Å²) in [7, 11) is 0. The lowest BCUT2D eigenvalue weighted by atomic mass is 10.0. The highest BCUT2D eigenvalue weighted by atomic mass is 19.1. The van der Waals surface area contributed by atoms with Crippen LogP contribution in [0.5, 0.6) is 11.5 Å². The molecule has 41 heavy (non-hydrogen) atoms. The summed E-state index contributed by atoms with van der Waals surface area (Å²) in [4.78, 5) is 25.7. The van der Waals surface area contributed by atoms with Crippen molar-refractivity contribution in [2.75, 3.05) is 11.9 Å². The van der Waals surface area contributed by atoms with E-state index in [1.807, 2.05) is 0 Å². The normalized spacial score (nSPS) is 22.4. The molecule has 212 valence electrons. The number of imidazole rings is 1. The summed E-state index contributed by atoms with van der Waals surface area (Å²) >= 11 is 0. The Labute approximate surface area is 232 Å². The van der Waals surface area contributed by atoms with Crippen LogP contribution < -0.4 is 10.6 Å². The maximum Gasteiger partial charge on any atom is 0.255 e. The fourth-order valence-corrected chi connectivity index (χ4v) is 4.69. The van der Waals surface area contributed by atoms with E-state index in [1.54, 1.807) is 4.57 Å². The Hall–Kier alpha value is -4.59. The van der Waals surface area contributed by atoms with Gasteiger partial charge in [0, 0.05) is 12.6 Å². The van der Waals surface area contributed by atoms with Crippen LogP contribution in [0.15, 0.2) is 61.2 Å². The maximum atomic E-state index is 13.3. The van der Waals surface area contributed by atoms with E-state index >= 15 is 0 Å². The lowest BCUT2D eigenvalue weighted by Crippen LogP contribution is -2.31. The summed E-state index contributed by atoms with van der Waals surface area (Å²) in [5.41, 5.74) is 1.76. The average molecular weight is 563 g/mol. The highest BCUT2D eigenvalue weighted by molar-refractivity contribution is 5.99. The number of carbonyl (C=O) groups excluding carboxylic acids is 1. The molecule has 2 aliphatic rings. The van der Waals surface area contributed by atoms with Gasteiger partial charge < -0.3 is 35.8 Å². The number of phenolic OH excluding ortho intramolecular Hbond substituents is 2. The first-order valence-electron chi connectivity index (χ1n) is 13.0. The number of halogens is 1. The van der Waals surface area contributed by atoms with E-state index in [4.69, 9.17) is 4.74 Å². The summed E-state index contributed by atoms with van der Waals surface area (Å²) in [6.07, 6.45) is 3.65. The molecule has 12 nitrogen and oxygen atoms in total. The number of aliphatic hydroxyl groups excluding tert-OH is 2. The highest BCUT2D eigenvalue weighted by Crippen LogP contribution is 2.36. The van der Waals surface area contributed by atoms with Crippen molar-refractivity contribution in [2.45, 2.75) is 43.4 Å². The molecule has 1 saturated heterocycles. The minimum Gasteiger partial charge on any atom is -0.504 e. The number of ether oxygens (including phenoxy) is 1. The van der Waals surface area contributed by atoms with Crippen molar-refractivity contribution in [3.05, 3.63) is 72.6 Å². The van der Waals surface area contributed by atoms with E-state index in [9.17, 15) is 29.6 Å². The number of fused-ring (bicyclic) bond motifs is 1. The molecular weight excluding hydrogens is 535 g/mol. The van der Waals surface area contributed by atoms with E-state index in [0.717, 1.165) is 12.8 Å². The average Bonchev–Trinajstić information content (AvgIpc) is 3.61. The van der Waals surface area contributed by atoms with Crippen LogP contribution in [0.1, 0.15) is 29.4 Å². The molecular formula is C28H27FN6O6. The first kappa shape index (κ1) is 26.6. The van der Waals surface area contributed by atoms with Crippen LogP contribution in [-0.4, -0.2) is 76.8 Å². The molecule has 1 aliphatic heterocycles. The molecule has 2 fully saturated rings. The van der Waals surface area contributed by atoms with Gasteiger partial charge in [0.15, 0.2) is 34.7 Å². The van der Waals surface area contributed by atoms with Gasteiger partial charge >= 0.3 is 0 Å². The molecule has 6 rings (SSSR count). The van der Waals surface area contributed by atoms with Crippen molar-refractivity contribution < 1.29 is 34.3 Å². The molecule has 0 bridgehead atoms. The van der Waals surface area contributed by atoms with Gasteiger partial charge in [-0.05, 0) is 48.2 Å². The Morgan fingerprint density at radius 2 is 1.85 bits per heavy atom. The van der Waals surface area contributed by atoms with Crippen molar-refractivity contribution in [2.24, 2.45) is 0 Å². The monoisotopic (exact) mass is 562 g/mol. The van der Waals surface area contributed by atoms with E-state index in [-0.39, 0.29) is 12.1 Å². The number of hydrogen-bond acceptors (Lipinski definition) is 10. The second-order valence-corrected chi connectivity index (χ2v) is 9.97. The topological polar surface area (TPSA) is 175 Å². The third kappa shape index (κ3) is 5.29. The number of amides is 1. The number of phenols is 2. The lowest BCUT2D eigenvalue weighted by Gasteiger charge is -2.16. The number of nitrogens with one attached hydrogen (secondary N) is 2. The zero-order valence-corrected chi connectivity index (χ0v) is 21.6. The molecule has 6 N–H and O–H groups in total. The van der Waals surface area contributed by atoms with Crippen LogP contribution in [0.3, 0.4) is 0 Å². The van der Waals surface area contributed by atoms with Gasteiger partial charge in [-0.25, -0.2) is 19.3 Å². The van der Waals surface area contributed by atoms with Crippen LogP contribution in [0.2, 0.25) is 0 Å². The van der Waals surface area contributed by atoms with E-state index < -0.39 is 47.8 Å². The predicted octanol–water partition coefficient (Wildman–Crippen LogP) is 2.22. The number of nitrogens with zero attached hydrogens (tertiary/aromatic N) is 4. The Bertz CT molecular complexity index is 1620. The molecule has 2 aromatic heterocycles. The molecule has 1 aliphatic carbocycles. The van der Waals surface area contributed by atoms with Crippen molar-refractivity contribution in [1.29, 1.82) is 0 Å². The van der Waals surface area contributed by atoms with Crippen LogP contribution in [0.25, 0.3) is 22.3 Å². The Morgan fingerprint density at radius 3 is 2.61 bits per heavy atom. The second-order valence-electron chi connectivity index (χ2n) is 9.97. The third-order valence-corrected chi connectivity index (χ3v) is 7.04. The van der Waals surface area contributed by atoms with Crippen LogP contribution in [-0.2, 0) is 4.74 Å². The van der Waals surface area contributed by atoms with Crippen LogP contribution in [0, 0.1) is 5.82 Å². The van der Waals surface area contributed by atoms with Gasteiger partial charge in [-0.2, -0.15) is 0 Å². The zero-order valence-electron chi connectivity index (χ0n) is 21.6. The largest absolute Gasteiger partial charge is 0.504 e. The van der Waals surface area contributed by atoms with Gasteiger partial charge in [-0.1, -0.05) is 24.3 Å². The molecule has 3 heterocycles. The number of aliphatic hydroxyl groups is 2. The summed E-state index contributed by atoms with van der Waals surface area (Å²) in [6, 6.07) is 8.50. The van der Waals surface area contributed by atoms with Crippen molar-refractivity contribution >= 4 is 22.9 Å². The molecule has 2 aromatic carbocycles. The summed E-state index contributed by atoms with van der Waals surface area (Å²) < 4.78 is 20.7. The zero-order chi connectivity index (χ0) is 28.7. The molecule has 0 unspecified atom stereocenters. The van der Waals surface area contributed by atoms with Crippen LogP contribution >= 0.6 is 0 Å². The molecule has 1 amide bonds. The number of rotatable bonds is 8. The summed E-state index contributed by atoms with van der Waals surface area (Å²) in [6.45, 7) is -0.00935. The number of hydrogen-bond donors (Lipinski definition) is 6. The second kappa shape index (κ2) is 10.8. The van der Waals surface area contributed by atoms with Gasteiger partial charge in [-0.3, -0.25) is 9.36 Å². The Kier molecular flexibility index (Phi) is 6.99. The van der Waals surface area contributed by atoms with Crippen molar-refractivity contribution in [1.82, 2.24) is 24.8 Å². The first-order valence-corrected chi connectivity index (χ1v) is 13.0. The Balaban J connectivity index is 1.11. The van der Waals surface area contributed by atoms with Gasteiger partial charge in [0.25, 0.3) is 5.91 Å². The standard InChI is InChI=1S/C28H27FN6O6/c29-16-5-3-14(4-6-16)15-10-18(22(37)19(36)11-15)27(40)30-9-1-2-20-23(38)24(39)28(41-20)35-13-33-21-25(34-17-7-8-17)31-12-32-26(21)35/h1-6,10-13,17,20,23-24,28,36-39H,7-9H2,(H,30,40)(H,31,32,34)/b2-1+/t20-,23-,24-,28-/m1/s1. The van der Waals surface area contributed by atoms with Crippen LogP contribution in [0.4, 0.5) is 10.2 Å². The molecule has 0 spiro atoms. The minimum atomic E-state index is -1.28. The van der Waals surface area contributed by atoms with E-state index in [1.165, 1.54) is 61.2 Å². The van der Waals surface area contributed by atoms with Gasteiger partial charge in [0.2, 0.25) is 0 Å². The lowest BCUT2D eigenvalue weighted by molar-refractivity contribution is -0.0245. The van der Waals surface area contributed by atoms with Crippen molar-refractivity contribution in [3.63, 3.8) is 0 Å². The van der Waals surface area contributed by atoms with Gasteiger partial charge in [0.1, 0.15) is 30.5 Å². The summed E-state index contributed by atoms with van der Waals surface area (Å²) in [5.74, 6) is -1.59. The quantitative estimate of drug-likeness (QED) is 0.138. The molecule has 1 saturated carbocycles. The number of aromatic nitrogens is 4. The molecule has 0 radical (unpaired) electrons. The highest BCUT2D eigenvalue weighted by Gasteiger charge is 2.43. The first-order chi connectivity index (χ1) is 19.8. The van der Waals surface area contributed by atoms with Gasteiger partial charge in [0.05, 0.1) is 11.9 Å². The SMILES string of the molecule is O=C(NC/C=C/[C@H]1O[C@@H](n2cnc3c(NC4CC4)ncnc32)[C@H](O)[C@@H]1O)c1cc(-c2ccc(F)cc2)cc(O)c1O.